The van der Waals surface area contributed by atoms with E-state index in [1.54, 1.807) is 77.0 Å². The first kappa shape index (κ1) is 39.6. The molecule has 0 aliphatic heterocycles. The van der Waals surface area contributed by atoms with Gasteiger partial charge in [-0.05, 0) is 97.2 Å². The summed E-state index contributed by atoms with van der Waals surface area (Å²) in [5, 5.41) is 20.9. The zero-order valence-electron chi connectivity index (χ0n) is 27.2. The Morgan fingerprint density at radius 3 is 1.52 bits per heavy atom. The Balaban J connectivity index is 1.36. The molecule has 0 aliphatic rings. The Hall–Kier alpha value is -0.800. The first-order valence-corrected chi connectivity index (χ1v) is 21.6. The number of hydrogen-bond donors (Lipinski definition) is 3. The minimum absolute atomic E-state index is 0.0941. The van der Waals surface area contributed by atoms with Gasteiger partial charge in [-0.3, -0.25) is 0 Å². The molecular formula is C34H46O6S6. The molecule has 0 saturated heterocycles. The number of aliphatic hydroxyl groups excluding tert-OH is 2. The molecule has 0 aliphatic carbocycles. The normalized spacial score (nSPS) is 12.7. The summed E-state index contributed by atoms with van der Waals surface area (Å²) in [6.45, 7) is 1.58. The summed E-state index contributed by atoms with van der Waals surface area (Å²) in [6, 6.07) is 16.0. The molecule has 0 saturated carbocycles. The lowest BCUT2D eigenvalue weighted by Gasteiger charge is -2.17. The number of ether oxygens (including phenoxy) is 4. The van der Waals surface area contributed by atoms with Gasteiger partial charge in [0.15, 0.2) is 0 Å². The van der Waals surface area contributed by atoms with Gasteiger partial charge in [-0.15, -0.1) is 58.8 Å². The third-order valence-corrected chi connectivity index (χ3v) is 11.2. The van der Waals surface area contributed by atoms with Crippen LogP contribution in [0.15, 0.2) is 73.0 Å². The topological polar surface area (TPSA) is 77.4 Å². The van der Waals surface area contributed by atoms with Crippen molar-refractivity contribution in [3.8, 4) is 11.5 Å². The van der Waals surface area contributed by atoms with Crippen LogP contribution in [0, 0.1) is 0 Å². The summed E-state index contributed by atoms with van der Waals surface area (Å²) in [6.07, 6.45) is 10.5. The van der Waals surface area contributed by atoms with E-state index in [4.69, 9.17) is 18.9 Å². The molecule has 0 radical (unpaired) electrons. The highest BCUT2D eigenvalue weighted by Gasteiger charge is 2.14. The van der Waals surface area contributed by atoms with Crippen LogP contribution in [0.5, 0.6) is 11.5 Å². The Morgan fingerprint density at radius 1 is 0.609 bits per heavy atom. The molecule has 2 unspecified atom stereocenters. The summed E-state index contributed by atoms with van der Waals surface area (Å²) in [5.41, 5.74) is 3.77. The molecule has 0 amide bonds. The van der Waals surface area contributed by atoms with E-state index < -0.39 is 12.2 Å². The van der Waals surface area contributed by atoms with Crippen LogP contribution in [-0.2, 0) is 28.1 Å². The first-order chi connectivity index (χ1) is 22.3. The zero-order chi connectivity index (χ0) is 33.3. The summed E-state index contributed by atoms with van der Waals surface area (Å²) in [5.74, 6) is 1.82. The van der Waals surface area contributed by atoms with E-state index in [0.29, 0.717) is 30.5 Å². The third kappa shape index (κ3) is 12.9. The lowest BCUT2D eigenvalue weighted by molar-refractivity contribution is 0.0115. The molecule has 3 rings (SSSR count). The minimum Gasteiger partial charge on any atom is -0.491 e. The second-order valence-corrected chi connectivity index (χ2v) is 14.8. The van der Waals surface area contributed by atoms with Crippen LogP contribution < -0.4 is 9.47 Å². The van der Waals surface area contributed by atoms with Crippen LogP contribution in [0.3, 0.4) is 0 Å². The van der Waals surface area contributed by atoms with Crippen molar-refractivity contribution in [2.45, 2.75) is 55.3 Å². The van der Waals surface area contributed by atoms with Crippen molar-refractivity contribution in [1.29, 1.82) is 0 Å². The molecule has 0 bridgehead atoms. The Labute approximate surface area is 301 Å². The fraction of sp³-hybridized carbons (Fsp3) is 0.471. The van der Waals surface area contributed by atoms with Crippen molar-refractivity contribution in [1.82, 2.24) is 0 Å². The highest BCUT2D eigenvalue weighted by molar-refractivity contribution is 8.00. The number of thiol groups is 1. The highest BCUT2D eigenvalue weighted by atomic mass is 32.2. The fourth-order valence-corrected chi connectivity index (χ4v) is 8.31. The Kier molecular flexibility index (Phi) is 19.0. The molecule has 0 fully saturated rings. The lowest BCUT2D eigenvalue weighted by atomic mass is 10.1. The lowest BCUT2D eigenvalue weighted by Crippen LogP contribution is -2.24. The van der Waals surface area contributed by atoms with E-state index in [-0.39, 0.29) is 26.4 Å². The molecule has 3 aromatic rings. The predicted molar refractivity (Wildman–Crippen MR) is 203 cm³/mol. The van der Waals surface area contributed by atoms with Gasteiger partial charge in [-0.1, -0.05) is 6.07 Å². The van der Waals surface area contributed by atoms with Crippen LogP contribution in [0.2, 0.25) is 0 Å². The van der Waals surface area contributed by atoms with E-state index in [9.17, 15) is 10.2 Å². The Bertz CT molecular complexity index is 1200. The van der Waals surface area contributed by atoms with Gasteiger partial charge in [-0.2, -0.15) is 12.6 Å². The molecule has 12 heteroatoms. The van der Waals surface area contributed by atoms with Gasteiger partial charge in [0, 0.05) is 36.3 Å². The average molecular weight is 743 g/mol. The van der Waals surface area contributed by atoms with Gasteiger partial charge < -0.3 is 29.2 Å². The van der Waals surface area contributed by atoms with E-state index in [2.05, 4.69) is 68.2 Å². The number of hydrogen-bond acceptors (Lipinski definition) is 12. The summed E-state index contributed by atoms with van der Waals surface area (Å²) in [7, 11) is 0. The van der Waals surface area contributed by atoms with Crippen molar-refractivity contribution < 1.29 is 29.2 Å². The third-order valence-electron chi connectivity index (χ3n) is 7.02. The van der Waals surface area contributed by atoms with Gasteiger partial charge in [0.05, 0.1) is 26.4 Å². The number of thioether (sulfide) groups is 5. The quantitative estimate of drug-likeness (QED) is 0.0538. The smallest absolute Gasteiger partial charge is 0.123 e. The van der Waals surface area contributed by atoms with Crippen LogP contribution in [0.1, 0.15) is 16.7 Å². The van der Waals surface area contributed by atoms with E-state index in [1.165, 1.54) is 41.2 Å². The van der Waals surface area contributed by atoms with Gasteiger partial charge >= 0.3 is 0 Å². The standard InChI is InChI=1S/C34H46O6S6/c1-42-28-13-23(22-41)30(32(15-28)44-3)9-11-37-18-24(35)20-39-26-7-6-8-27(14-26)40-21-25(36)19-38-12-10-31-33(45-4)16-29(43-2)17-34(31)46-5/h6-8,13-17,24-25,35-36,41H,9-12,18-22H2,1-5H3. The van der Waals surface area contributed by atoms with Crippen molar-refractivity contribution in [2.24, 2.45) is 0 Å². The second-order valence-electron chi connectivity index (χ2n) is 10.2. The number of rotatable bonds is 22. The molecule has 2 atom stereocenters. The molecule has 46 heavy (non-hydrogen) atoms. The zero-order valence-corrected chi connectivity index (χ0v) is 32.1. The number of benzene rings is 3. The maximum atomic E-state index is 10.4. The maximum Gasteiger partial charge on any atom is 0.123 e. The van der Waals surface area contributed by atoms with Crippen LogP contribution in [0.25, 0.3) is 0 Å². The van der Waals surface area contributed by atoms with E-state index in [1.807, 2.05) is 6.07 Å². The molecule has 0 heterocycles. The largest absolute Gasteiger partial charge is 0.491 e. The van der Waals surface area contributed by atoms with Gasteiger partial charge in [-0.25, -0.2) is 0 Å². The summed E-state index contributed by atoms with van der Waals surface area (Å²) in [4.78, 5) is 6.28. The maximum absolute atomic E-state index is 10.4. The molecule has 3 aromatic carbocycles. The SMILES string of the molecule is CSc1cc(CS)c(CCOCC(O)COc2cccc(OCC(O)COCCc3c(SC)cc(SC)cc3SC)c2)c(SC)c1. The average Bonchev–Trinajstić information content (AvgIpc) is 3.09. The summed E-state index contributed by atoms with van der Waals surface area (Å²) < 4.78 is 23.2. The van der Waals surface area contributed by atoms with E-state index >= 15 is 0 Å². The molecule has 0 spiro atoms. The molecule has 254 valence electrons. The highest BCUT2D eigenvalue weighted by Crippen LogP contribution is 2.34. The van der Waals surface area contributed by atoms with Crippen molar-refractivity contribution >= 4 is 71.4 Å². The fourth-order valence-electron chi connectivity index (χ4n) is 4.65. The van der Waals surface area contributed by atoms with Gasteiger partial charge in [0.1, 0.15) is 36.9 Å². The minimum atomic E-state index is -0.769. The molecule has 0 aromatic heterocycles. The monoisotopic (exact) mass is 742 g/mol. The second kappa shape index (κ2) is 22.0. The molecule has 6 nitrogen and oxygen atoms in total. The first-order valence-electron chi connectivity index (χ1n) is 14.9. The van der Waals surface area contributed by atoms with Gasteiger partial charge in [0.25, 0.3) is 0 Å². The molecular weight excluding hydrogens is 697 g/mol. The van der Waals surface area contributed by atoms with Crippen molar-refractivity contribution in [2.75, 3.05) is 70.9 Å². The van der Waals surface area contributed by atoms with Crippen LogP contribution in [0.4, 0.5) is 0 Å². The van der Waals surface area contributed by atoms with Crippen molar-refractivity contribution in [3.63, 3.8) is 0 Å². The van der Waals surface area contributed by atoms with Crippen molar-refractivity contribution in [3.05, 3.63) is 65.2 Å². The van der Waals surface area contributed by atoms with Crippen LogP contribution >= 0.6 is 71.4 Å². The predicted octanol–water partition coefficient (Wildman–Crippen LogP) is 7.72. The molecule has 2 N–H and O–H groups in total. The van der Waals surface area contributed by atoms with Crippen LogP contribution in [-0.4, -0.2) is 93.3 Å². The summed E-state index contributed by atoms with van der Waals surface area (Å²) >= 11 is 13.2. The van der Waals surface area contributed by atoms with Gasteiger partial charge in [0.2, 0.25) is 0 Å². The Morgan fingerprint density at radius 2 is 1.07 bits per heavy atom. The van der Waals surface area contributed by atoms with E-state index in [0.717, 1.165) is 12.8 Å². The number of aliphatic hydroxyl groups is 2.